The molecule has 2 rings (SSSR count). The molecule has 2 heterocycles. The Labute approximate surface area is 227 Å². The van der Waals surface area contributed by atoms with Gasteiger partial charge in [-0.15, -0.1) is 11.8 Å². The van der Waals surface area contributed by atoms with Crippen molar-refractivity contribution >= 4 is 23.6 Å². The maximum atomic E-state index is 12.0. The van der Waals surface area contributed by atoms with E-state index >= 15 is 0 Å². The summed E-state index contributed by atoms with van der Waals surface area (Å²) in [4.78, 5) is 23.6. The topological polar surface area (TPSA) is 126 Å². The highest BCUT2D eigenvalue weighted by Gasteiger charge is 2.43. The second-order valence-corrected chi connectivity index (χ2v) is 13.9. The van der Waals surface area contributed by atoms with Crippen LogP contribution in [0.3, 0.4) is 0 Å². The van der Waals surface area contributed by atoms with E-state index in [1.807, 2.05) is 20.1 Å². The lowest BCUT2D eigenvalue weighted by atomic mass is 9.87. The molecule has 214 valence electrons. The largest absolute Gasteiger partial charge is 0.494 e. The number of carbonyl (C=O) groups excluding carboxylic acids is 2. The zero-order chi connectivity index (χ0) is 27.9. The summed E-state index contributed by atoms with van der Waals surface area (Å²) < 4.78 is 12.1. The van der Waals surface area contributed by atoms with Crippen LogP contribution in [-0.2, 0) is 19.1 Å². The Morgan fingerprint density at radius 2 is 1.97 bits per heavy atom. The average molecular weight is 543 g/mol. The molecule has 0 bridgehead atoms. The monoisotopic (exact) mass is 542 g/mol. The molecule has 0 spiro atoms. The van der Waals surface area contributed by atoms with Crippen LogP contribution in [0.25, 0.3) is 0 Å². The Morgan fingerprint density at radius 3 is 2.57 bits per heavy atom. The number of rotatable bonds is 17. The molecule has 2 aliphatic heterocycles. The van der Waals surface area contributed by atoms with Crippen molar-refractivity contribution in [1.82, 2.24) is 15.7 Å². The Bertz CT molecular complexity index is 791. The van der Waals surface area contributed by atoms with E-state index in [0.717, 1.165) is 38.6 Å². The normalized spacial score (nSPS) is 25.4. The van der Waals surface area contributed by atoms with Gasteiger partial charge in [-0.1, -0.05) is 34.1 Å². The van der Waals surface area contributed by atoms with Gasteiger partial charge in [-0.05, 0) is 65.6 Å². The highest BCUT2D eigenvalue weighted by atomic mass is 32.2. The van der Waals surface area contributed by atoms with Crippen molar-refractivity contribution < 1.29 is 24.3 Å². The first-order valence-electron chi connectivity index (χ1n) is 13.6. The van der Waals surface area contributed by atoms with Crippen LogP contribution in [0.2, 0.25) is 0 Å². The summed E-state index contributed by atoms with van der Waals surface area (Å²) in [5.41, 5.74) is 5.10. The van der Waals surface area contributed by atoms with E-state index in [4.69, 9.17) is 15.2 Å². The second kappa shape index (κ2) is 13.8. The van der Waals surface area contributed by atoms with Crippen LogP contribution in [0, 0.1) is 0 Å². The predicted molar refractivity (Wildman–Crippen MR) is 148 cm³/mol. The van der Waals surface area contributed by atoms with Gasteiger partial charge >= 0.3 is 0 Å². The molecular weight excluding hydrogens is 492 g/mol. The van der Waals surface area contributed by atoms with Crippen molar-refractivity contribution in [3.63, 3.8) is 0 Å². The van der Waals surface area contributed by atoms with Crippen LogP contribution in [0.5, 0.6) is 0 Å². The van der Waals surface area contributed by atoms with E-state index in [9.17, 15) is 14.8 Å². The van der Waals surface area contributed by atoms with Crippen LogP contribution < -0.4 is 16.4 Å². The van der Waals surface area contributed by atoms with Gasteiger partial charge < -0.3 is 25.8 Å². The minimum absolute atomic E-state index is 0.00504. The minimum atomic E-state index is -0.538. The lowest BCUT2D eigenvalue weighted by Crippen LogP contribution is -2.58. The van der Waals surface area contributed by atoms with E-state index in [1.54, 1.807) is 0 Å². The third-order valence-electron chi connectivity index (χ3n) is 7.08. The number of amides is 2. The van der Waals surface area contributed by atoms with Crippen LogP contribution in [-0.4, -0.2) is 81.1 Å². The molecule has 0 aromatic rings. The number of nitrogens with zero attached hydrogens (tertiary/aromatic N) is 1. The number of unbranched alkanes of at least 4 members (excludes halogenated alkanes) is 1. The van der Waals surface area contributed by atoms with E-state index in [2.05, 4.69) is 51.3 Å². The number of nitrogens with two attached hydrogens (primary N) is 1. The summed E-state index contributed by atoms with van der Waals surface area (Å²) in [7, 11) is 0. The third-order valence-corrected chi connectivity index (χ3v) is 8.58. The number of thioether (sulfide) groups is 1. The molecule has 1 saturated heterocycles. The molecule has 5 N–H and O–H groups in total. The summed E-state index contributed by atoms with van der Waals surface area (Å²) in [5.74, 6) is -1.07. The lowest BCUT2D eigenvalue weighted by Gasteiger charge is -2.38. The van der Waals surface area contributed by atoms with Crippen LogP contribution in [0.15, 0.2) is 12.3 Å². The highest BCUT2D eigenvalue weighted by molar-refractivity contribution is 8.02. The van der Waals surface area contributed by atoms with Gasteiger partial charge in [0, 0.05) is 23.4 Å². The number of hydrogen-bond acceptors (Lipinski definition) is 9. The number of hydrogen-bond donors (Lipinski definition) is 4. The van der Waals surface area contributed by atoms with Crippen molar-refractivity contribution in [2.75, 3.05) is 19.7 Å². The first-order chi connectivity index (χ1) is 17.2. The first-order valence-corrected chi connectivity index (χ1v) is 14.5. The Hall–Kier alpha value is -1.17. The number of ether oxygens (including phenoxy) is 2. The lowest BCUT2D eigenvalue weighted by molar-refractivity contribution is -0.170. The van der Waals surface area contributed by atoms with E-state index in [1.165, 1.54) is 11.8 Å². The molecule has 0 aliphatic carbocycles. The van der Waals surface area contributed by atoms with Gasteiger partial charge in [0.1, 0.15) is 6.10 Å². The number of hydroxylamine groups is 2. The molecule has 1 fully saturated rings. The van der Waals surface area contributed by atoms with Gasteiger partial charge in [-0.25, -0.2) is 0 Å². The highest BCUT2D eigenvalue weighted by Crippen LogP contribution is 2.37. The summed E-state index contributed by atoms with van der Waals surface area (Å²) in [6.07, 6.45) is 8.60. The van der Waals surface area contributed by atoms with Crippen molar-refractivity contribution in [3.8, 4) is 0 Å². The molecule has 0 aromatic heterocycles. The van der Waals surface area contributed by atoms with Gasteiger partial charge in [-0.2, -0.15) is 5.06 Å². The Kier molecular flexibility index (Phi) is 11.9. The zero-order valence-electron chi connectivity index (χ0n) is 23.8. The van der Waals surface area contributed by atoms with Crippen molar-refractivity contribution in [3.05, 3.63) is 12.3 Å². The first kappa shape index (κ1) is 32.0. The van der Waals surface area contributed by atoms with Gasteiger partial charge in [-0.3, -0.25) is 14.8 Å². The van der Waals surface area contributed by atoms with Crippen molar-refractivity contribution in [2.45, 2.75) is 126 Å². The summed E-state index contributed by atoms with van der Waals surface area (Å²) in [6, 6.07) is 0.587. The third kappa shape index (κ3) is 9.82. The van der Waals surface area contributed by atoms with Gasteiger partial charge in [0.05, 0.1) is 29.1 Å². The molecule has 4 atom stereocenters. The van der Waals surface area contributed by atoms with E-state index < -0.39 is 17.1 Å². The molecule has 0 saturated carbocycles. The maximum Gasteiger partial charge on any atom is 0.266 e. The molecule has 4 unspecified atom stereocenters. The molecule has 0 radical (unpaired) electrons. The molecule has 10 heteroatoms. The fourth-order valence-electron chi connectivity index (χ4n) is 4.84. The van der Waals surface area contributed by atoms with E-state index in [-0.39, 0.29) is 39.5 Å². The molecular formula is C27H50N4O5S. The maximum absolute atomic E-state index is 12.0. The average Bonchev–Trinajstić information content (AvgIpc) is 3.27. The van der Waals surface area contributed by atoms with Crippen LogP contribution in [0.4, 0.5) is 0 Å². The fraction of sp³-hybridized carbons (Fsp3) is 0.852. The Balaban J connectivity index is 1.82. The second-order valence-electron chi connectivity index (χ2n) is 12.0. The molecule has 9 nitrogen and oxygen atoms in total. The Morgan fingerprint density at radius 1 is 1.27 bits per heavy atom. The van der Waals surface area contributed by atoms with Crippen molar-refractivity contribution in [2.24, 2.45) is 5.73 Å². The zero-order valence-corrected chi connectivity index (χ0v) is 24.7. The van der Waals surface area contributed by atoms with Gasteiger partial charge in [0.2, 0.25) is 0 Å². The number of imide groups is 1. The quantitative estimate of drug-likeness (QED) is 0.124. The standard InChI is InChI=1S/C27H50N4O5S/c1-19(2)30-20(10-8-9-14-28)23-27(7,13-16-35-23)29-15-11-25(3,4)36-17-12-26(5,6)37-21-18-22(32)31(34)24(21)33/h13,16,19-21,23,29-30,34H,8-12,14-15,17-18,28H2,1-7H3. The number of carbonyl (C=O) groups is 2. The fourth-order valence-corrected chi connectivity index (χ4v) is 6.24. The van der Waals surface area contributed by atoms with Gasteiger partial charge in [0.15, 0.2) is 0 Å². The predicted octanol–water partition coefficient (Wildman–Crippen LogP) is 3.35. The van der Waals surface area contributed by atoms with Gasteiger partial charge in [0.25, 0.3) is 11.8 Å². The molecule has 37 heavy (non-hydrogen) atoms. The molecule has 2 amide bonds. The molecule has 2 aliphatic rings. The van der Waals surface area contributed by atoms with Crippen molar-refractivity contribution in [1.29, 1.82) is 0 Å². The summed E-state index contributed by atoms with van der Waals surface area (Å²) >= 11 is 1.42. The summed E-state index contributed by atoms with van der Waals surface area (Å²) in [6.45, 7) is 16.8. The SMILES string of the molecule is CC(C)NC(CCCCN)C1OC=CC1(C)NCCC(C)(C)OCCC(C)(C)SC1CC(=O)N(O)C1=O. The summed E-state index contributed by atoms with van der Waals surface area (Å²) in [5, 5.41) is 16.6. The smallest absolute Gasteiger partial charge is 0.266 e. The number of nitrogens with one attached hydrogen (secondary N) is 2. The van der Waals surface area contributed by atoms with Crippen LogP contribution >= 0.6 is 11.8 Å². The van der Waals surface area contributed by atoms with Crippen LogP contribution in [0.1, 0.15) is 87.0 Å². The minimum Gasteiger partial charge on any atom is -0.494 e. The molecule has 0 aromatic carbocycles. The van der Waals surface area contributed by atoms with E-state index in [0.29, 0.717) is 19.2 Å².